The minimum atomic E-state index is -3.69. The van der Waals surface area contributed by atoms with Crippen LogP contribution in [0.15, 0.2) is 32.7 Å². The Morgan fingerprint density at radius 1 is 1.00 bits per heavy atom. The molecule has 2 aromatic rings. The zero-order valence-corrected chi connectivity index (χ0v) is 14.4. The lowest BCUT2D eigenvalue weighted by Gasteiger charge is -2.27. The summed E-state index contributed by atoms with van der Waals surface area (Å²) in [6.07, 6.45) is 0. The highest BCUT2D eigenvalue weighted by atomic mass is 32.2. The van der Waals surface area contributed by atoms with Crippen LogP contribution >= 0.6 is 0 Å². The molecule has 0 unspecified atom stereocenters. The summed E-state index contributed by atoms with van der Waals surface area (Å²) in [5, 5.41) is 0. The molecule has 0 fully saturated rings. The second-order valence-corrected chi connectivity index (χ2v) is 8.07. The number of hydrogen-bond donors (Lipinski definition) is 2. The Morgan fingerprint density at radius 3 is 2.09 bits per heavy atom. The number of nitrogens with one attached hydrogen (secondary N) is 2. The van der Waals surface area contributed by atoms with E-state index >= 15 is 0 Å². The van der Waals surface area contributed by atoms with Gasteiger partial charge in [-0.3, -0.25) is 9.59 Å². The first-order valence-electron chi connectivity index (χ1n) is 7.41. The van der Waals surface area contributed by atoms with Gasteiger partial charge in [-0.25, -0.2) is 8.42 Å². The molecule has 0 spiro atoms. The van der Waals surface area contributed by atoms with Crippen molar-refractivity contribution in [1.82, 2.24) is 14.3 Å². The fraction of sp³-hybridized carbons (Fsp3) is 0.467. The normalized spacial score (nSPS) is 12.7. The Hall–Kier alpha value is -1.93. The van der Waals surface area contributed by atoms with Gasteiger partial charge in [0.15, 0.2) is 0 Å². The predicted octanol–water partition coefficient (Wildman–Crippen LogP) is 1.27. The zero-order valence-electron chi connectivity index (χ0n) is 13.6. The van der Waals surface area contributed by atoms with Crippen molar-refractivity contribution < 1.29 is 8.42 Å². The lowest BCUT2D eigenvalue weighted by molar-refractivity contribution is 0.319. The van der Waals surface area contributed by atoms with E-state index in [2.05, 4.69) is 9.97 Å². The number of benzene rings is 1. The van der Waals surface area contributed by atoms with E-state index in [1.807, 2.05) is 27.7 Å². The average molecular weight is 339 g/mol. The molecular weight excluding hydrogens is 318 g/mol. The van der Waals surface area contributed by atoms with Crippen LogP contribution in [0.5, 0.6) is 0 Å². The molecule has 0 atom stereocenters. The number of aromatic amines is 2. The summed E-state index contributed by atoms with van der Waals surface area (Å²) >= 11 is 0. The number of sulfonamides is 1. The Morgan fingerprint density at radius 2 is 1.57 bits per heavy atom. The summed E-state index contributed by atoms with van der Waals surface area (Å²) in [5.74, 6) is 0.184. The summed E-state index contributed by atoms with van der Waals surface area (Å²) in [6, 6.07) is 4.10. The van der Waals surface area contributed by atoms with Crippen molar-refractivity contribution in [2.75, 3.05) is 6.54 Å². The molecule has 0 saturated carbocycles. The van der Waals surface area contributed by atoms with Crippen LogP contribution in [0.3, 0.4) is 0 Å². The van der Waals surface area contributed by atoms with E-state index in [9.17, 15) is 18.0 Å². The molecule has 0 amide bonds. The van der Waals surface area contributed by atoms with Crippen LogP contribution in [0.2, 0.25) is 0 Å². The van der Waals surface area contributed by atoms with Gasteiger partial charge in [-0.05, 0) is 38.0 Å². The molecule has 1 aromatic carbocycles. The highest BCUT2D eigenvalue weighted by molar-refractivity contribution is 7.89. The number of aromatic nitrogens is 2. The first kappa shape index (κ1) is 17.4. The van der Waals surface area contributed by atoms with Crippen molar-refractivity contribution >= 4 is 21.1 Å². The van der Waals surface area contributed by atoms with Gasteiger partial charge in [0.05, 0.1) is 15.9 Å². The van der Waals surface area contributed by atoms with Gasteiger partial charge in [-0.15, -0.1) is 0 Å². The van der Waals surface area contributed by atoms with Crippen molar-refractivity contribution in [3.05, 3.63) is 38.9 Å². The van der Waals surface area contributed by atoms with Crippen molar-refractivity contribution in [1.29, 1.82) is 0 Å². The topological polar surface area (TPSA) is 103 Å². The van der Waals surface area contributed by atoms with Gasteiger partial charge >= 0.3 is 11.1 Å². The molecule has 0 aliphatic carbocycles. The molecule has 0 radical (unpaired) electrons. The highest BCUT2D eigenvalue weighted by Crippen LogP contribution is 2.21. The van der Waals surface area contributed by atoms with Gasteiger partial charge in [-0.1, -0.05) is 13.8 Å². The van der Waals surface area contributed by atoms with Crippen LogP contribution < -0.4 is 11.1 Å². The number of fused-ring (bicyclic) bond motifs is 1. The van der Waals surface area contributed by atoms with Crippen molar-refractivity contribution in [2.24, 2.45) is 5.92 Å². The maximum absolute atomic E-state index is 12.9. The number of H-pyrrole nitrogens is 2. The Kier molecular flexibility index (Phi) is 4.76. The van der Waals surface area contributed by atoms with E-state index in [1.165, 1.54) is 22.5 Å². The molecule has 1 heterocycles. The maximum Gasteiger partial charge on any atom is 0.314 e. The van der Waals surface area contributed by atoms with Crippen LogP contribution in [0.1, 0.15) is 27.7 Å². The largest absolute Gasteiger partial charge is 0.316 e. The summed E-state index contributed by atoms with van der Waals surface area (Å²) in [4.78, 5) is 27.6. The zero-order chi connectivity index (χ0) is 17.4. The second-order valence-electron chi connectivity index (χ2n) is 6.18. The maximum atomic E-state index is 12.9. The van der Waals surface area contributed by atoms with E-state index in [1.54, 1.807) is 0 Å². The van der Waals surface area contributed by atoms with Gasteiger partial charge in [0, 0.05) is 12.6 Å². The lowest BCUT2D eigenvalue weighted by Crippen LogP contribution is -2.39. The van der Waals surface area contributed by atoms with Crippen molar-refractivity contribution in [2.45, 2.75) is 38.6 Å². The number of rotatable bonds is 5. The third kappa shape index (κ3) is 3.53. The van der Waals surface area contributed by atoms with E-state index in [-0.39, 0.29) is 22.4 Å². The van der Waals surface area contributed by atoms with Crippen LogP contribution in [0.4, 0.5) is 0 Å². The smallest absolute Gasteiger partial charge is 0.314 e. The quantitative estimate of drug-likeness (QED) is 0.801. The van der Waals surface area contributed by atoms with Gasteiger partial charge in [0.2, 0.25) is 10.0 Å². The molecule has 7 nitrogen and oxygen atoms in total. The Bertz CT molecular complexity index is 926. The van der Waals surface area contributed by atoms with Crippen LogP contribution in [0.25, 0.3) is 11.0 Å². The molecular formula is C15H21N3O4S. The average Bonchev–Trinajstić information content (AvgIpc) is 2.44. The molecule has 0 saturated heterocycles. The fourth-order valence-electron chi connectivity index (χ4n) is 2.34. The number of hydrogen-bond acceptors (Lipinski definition) is 4. The molecule has 2 rings (SSSR count). The summed E-state index contributed by atoms with van der Waals surface area (Å²) in [6.45, 7) is 7.95. The SMILES string of the molecule is CC(C)CN(C(C)C)S(=O)(=O)c1ccc2[nH]c(=O)c(=O)[nH]c2c1. The van der Waals surface area contributed by atoms with Crippen LogP contribution in [-0.2, 0) is 10.0 Å². The molecule has 1 aromatic heterocycles. The van der Waals surface area contributed by atoms with Gasteiger partial charge < -0.3 is 9.97 Å². The molecule has 126 valence electrons. The van der Waals surface area contributed by atoms with Crippen LogP contribution in [-0.4, -0.2) is 35.3 Å². The first-order chi connectivity index (χ1) is 10.6. The van der Waals surface area contributed by atoms with Gasteiger partial charge in [0.1, 0.15) is 0 Å². The minimum absolute atomic E-state index is 0.0852. The second kappa shape index (κ2) is 6.29. The molecule has 8 heteroatoms. The third-order valence-electron chi connectivity index (χ3n) is 3.42. The molecule has 0 bridgehead atoms. The number of nitrogens with zero attached hydrogens (tertiary/aromatic N) is 1. The summed E-state index contributed by atoms with van der Waals surface area (Å²) in [7, 11) is -3.69. The van der Waals surface area contributed by atoms with E-state index < -0.39 is 21.1 Å². The predicted molar refractivity (Wildman–Crippen MR) is 89.1 cm³/mol. The first-order valence-corrected chi connectivity index (χ1v) is 8.85. The minimum Gasteiger partial charge on any atom is -0.316 e. The van der Waals surface area contributed by atoms with E-state index in [0.29, 0.717) is 12.1 Å². The Labute approximate surface area is 134 Å². The fourth-order valence-corrected chi connectivity index (χ4v) is 4.16. The van der Waals surface area contributed by atoms with Crippen molar-refractivity contribution in [3.8, 4) is 0 Å². The molecule has 23 heavy (non-hydrogen) atoms. The van der Waals surface area contributed by atoms with Gasteiger partial charge in [-0.2, -0.15) is 4.31 Å². The van der Waals surface area contributed by atoms with Crippen molar-refractivity contribution in [3.63, 3.8) is 0 Å². The third-order valence-corrected chi connectivity index (χ3v) is 5.46. The van der Waals surface area contributed by atoms with Crippen LogP contribution in [0, 0.1) is 5.92 Å². The Balaban J connectivity index is 2.58. The highest BCUT2D eigenvalue weighted by Gasteiger charge is 2.27. The lowest BCUT2D eigenvalue weighted by atomic mass is 10.2. The monoisotopic (exact) mass is 339 g/mol. The standard InChI is InChI=1S/C15H21N3O4S/c1-9(2)8-18(10(3)4)23(21,22)11-5-6-12-13(7-11)17-15(20)14(19)16-12/h5-7,9-10H,8H2,1-4H3,(H,16,19)(H,17,20). The van der Waals surface area contributed by atoms with E-state index in [4.69, 9.17) is 0 Å². The van der Waals surface area contributed by atoms with Gasteiger partial charge in [0.25, 0.3) is 0 Å². The van der Waals surface area contributed by atoms with E-state index in [0.717, 1.165) is 0 Å². The summed E-state index contributed by atoms with van der Waals surface area (Å²) in [5.41, 5.74) is -0.913. The molecule has 0 aliphatic heterocycles. The molecule has 2 N–H and O–H groups in total. The summed E-state index contributed by atoms with van der Waals surface area (Å²) < 4.78 is 27.2. The molecule has 0 aliphatic rings.